The fraction of sp³-hybridized carbons (Fsp3) is 0.600. The number of amides is 5. The van der Waals surface area contributed by atoms with Crippen molar-refractivity contribution >= 4 is 29.3 Å². The highest BCUT2D eigenvalue weighted by atomic mass is 19.1. The quantitative estimate of drug-likeness (QED) is 0.332. The molecule has 5 heterocycles. The van der Waals surface area contributed by atoms with E-state index in [-0.39, 0.29) is 23.7 Å². The molecule has 1 aromatic carbocycles. The summed E-state index contributed by atoms with van der Waals surface area (Å²) in [4.78, 5) is 47.7. The van der Waals surface area contributed by atoms with Gasteiger partial charge in [0.05, 0.1) is 17.6 Å². The van der Waals surface area contributed by atoms with Gasteiger partial charge in [0, 0.05) is 115 Å². The van der Waals surface area contributed by atoms with Gasteiger partial charge in [0.2, 0.25) is 5.91 Å². The molecule has 4 aliphatic heterocycles. The van der Waals surface area contributed by atoms with Crippen molar-refractivity contribution in [3.8, 4) is 0 Å². The number of carbonyl (C=O) groups is 3. The van der Waals surface area contributed by atoms with Gasteiger partial charge in [-0.2, -0.15) is 0 Å². The normalized spacial score (nSPS) is 22.4. The molecule has 5 amide bonds. The summed E-state index contributed by atoms with van der Waals surface area (Å²) >= 11 is 0. The third-order valence-corrected chi connectivity index (χ3v) is 9.12. The Labute approximate surface area is 290 Å². The zero-order valence-corrected chi connectivity index (χ0v) is 29.7. The van der Waals surface area contributed by atoms with E-state index in [9.17, 15) is 14.4 Å². The second-order valence-corrected chi connectivity index (χ2v) is 13.3. The number of carbonyl (C=O) groups excluding carboxylic acids is 3. The van der Waals surface area contributed by atoms with Crippen LogP contribution in [0.3, 0.4) is 0 Å². The predicted molar refractivity (Wildman–Crippen MR) is 191 cm³/mol. The molecular formula is C35H55FN10O3. The summed E-state index contributed by atoms with van der Waals surface area (Å²) in [7, 11) is 0. The molecule has 4 saturated heterocycles. The van der Waals surface area contributed by atoms with Crippen LogP contribution in [0.4, 0.5) is 25.4 Å². The molecule has 2 aromatic rings. The highest BCUT2D eigenvalue weighted by molar-refractivity contribution is 5.99. The summed E-state index contributed by atoms with van der Waals surface area (Å²) in [5.74, 6) is -0.259. The van der Waals surface area contributed by atoms with Gasteiger partial charge in [-0.15, -0.1) is 0 Å². The van der Waals surface area contributed by atoms with Crippen molar-refractivity contribution in [2.24, 2.45) is 0 Å². The Morgan fingerprint density at radius 3 is 2.22 bits per heavy atom. The molecule has 4 aliphatic rings. The lowest BCUT2D eigenvalue weighted by atomic mass is 10.1. The molecular weight excluding hydrogens is 627 g/mol. The fourth-order valence-corrected chi connectivity index (χ4v) is 6.12. The molecule has 0 saturated carbocycles. The Morgan fingerprint density at radius 1 is 0.898 bits per heavy atom. The van der Waals surface area contributed by atoms with Crippen LogP contribution in [0.25, 0.3) is 0 Å². The maximum atomic E-state index is 15.1. The van der Waals surface area contributed by atoms with Gasteiger partial charge in [0.25, 0.3) is 0 Å². The lowest BCUT2D eigenvalue weighted by Gasteiger charge is -2.44. The molecule has 0 spiro atoms. The number of pyridine rings is 1. The van der Waals surface area contributed by atoms with Crippen molar-refractivity contribution in [2.45, 2.75) is 65.7 Å². The molecule has 0 bridgehead atoms. The van der Waals surface area contributed by atoms with Gasteiger partial charge in [0.1, 0.15) is 0 Å². The Morgan fingerprint density at radius 2 is 1.67 bits per heavy atom. The molecule has 0 radical (unpaired) electrons. The van der Waals surface area contributed by atoms with Crippen molar-refractivity contribution in [1.29, 1.82) is 0 Å². The van der Waals surface area contributed by atoms with E-state index < -0.39 is 11.8 Å². The van der Waals surface area contributed by atoms with E-state index in [1.165, 1.54) is 6.07 Å². The minimum Gasteiger partial charge on any atom is -0.338 e. The number of benzene rings is 1. The first kappa shape index (κ1) is 38.0. The monoisotopic (exact) mass is 682 g/mol. The number of nitrogens with zero attached hydrogens (tertiary/aromatic N) is 5. The Balaban J connectivity index is 0.000000258. The third-order valence-electron chi connectivity index (χ3n) is 9.12. The molecule has 3 atom stereocenters. The largest absolute Gasteiger partial charge is 0.338 e. The van der Waals surface area contributed by atoms with Gasteiger partial charge in [-0.05, 0) is 52.3 Å². The second-order valence-electron chi connectivity index (χ2n) is 13.3. The van der Waals surface area contributed by atoms with E-state index in [0.29, 0.717) is 49.5 Å². The molecule has 4 fully saturated rings. The van der Waals surface area contributed by atoms with Crippen molar-refractivity contribution < 1.29 is 18.8 Å². The SMILES string of the molecule is CC(=O)N1CCNC[C@H]1C.C[C@@H]1CNCCN1.Cc1ccc(NC(=O)Nc2cccc(CN3CCN(C(=O)N4CCC4)[C@H](C)C3)c2F)cn1. The summed E-state index contributed by atoms with van der Waals surface area (Å²) in [6.45, 7) is 19.9. The number of rotatable bonds is 4. The number of piperazine rings is 3. The van der Waals surface area contributed by atoms with Crippen LogP contribution in [0.15, 0.2) is 36.5 Å². The summed E-state index contributed by atoms with van der Waals surface area (Å²) in [5, 5.41) is 15.0. The third kappa shape index (κ3) is 11.6. The number of nitrogens with one attached hydrogen (secondary N) is 5. The van der Waals surface area contributed by atoms with Gasteiger partial charge in [0.15, 0.2) is 5.82 Å². The molecule has 0 unspecified atom stereocenters. The van der Waals surface area contributed by atoms with Crippen LogP contribution in [-0.4, -0.2) is 133 Å². The lowest BCUT2D eigenvalue weighted by Crippen LogP contribution is -2.59. The molecule has 5 N–H and O–H groups in total. The lowest BCUT2D eigenvalue weighted by molar-refractivity contribution is -0.131. The van der Waals surface area contributed by atoms with Crippen molar-refractivity contribution in [3.05, 3.63) is 53.6 Å². The van der Waals surface area contributed by atoms with E-state index in [2.05, 4.69) is 50.3 Å². The van der Waals surface area contributed by atoms with E-state index in [1.54, 1.807) is 37.4 Å². The minimum atomic E-state index is -0.529. The van der Waals surface area contributed by atoms with E-state index in [0.717, 1.165) is 64.5 Å². The van der Waals surface area contributed by atoms with Crippen molar-refractivity contribution in [3.63, 3.8) is 0 Å². The van der Waals surface area contributed by atoms with Gasteiger partial charge in [-0.25, -0.2) is 14.0 Å². The molecule has 270 valence electrons. The number of urea groups is 2. The zero-order chi connectivity index (χ0) is 35.3. The average molecular weight is 683 g/mol. The molecule has 6 rings (SSSR count). The van der Waals surface area contributed by atoms with E-state index in [4.69, 9.17) is 0 Å². The number of hydrogen-bond donors (Lipinski definition) is 5. The number of aromatic nitrogens is 1. The van der Waals surface area contributed by atoms with Crippen LogP contribution < -0.4 is 26.6 Å². The zero-order valence-electron chi connectivity index (χ0n) is 29.7. The first-order valence-electron chi connectivity index (χ1n) is 17.5. The van der Waals surface area contributed by atoms with Crippen LogP contribution >= 0.6 is 0 Å². The standard InChI is InChI=1S/C23H29FN6O2.C7H14N2O.C5H12N2/c1-16-7-8-19(13-25-16)26-22(31)27-20-6-3-5-18(21(20)24)15-28-11-12-30(17(2)14-28)23(32)29-9-4-10-29;1-6-5-8-3-4-9(6)7(2)10;1-5-4-6-2-3-7-5/h3,5-8,13,17H,4,9-12,14-15H2,1-2H3,(H2,26,27,31);6,8H,3-5H2,1-2H3;5-7H,2-4H2,1H3/t17-;6-;5-/m111/s1. The van der Waals surface area contributed by atoms with E-state index in [1.807, 2.05) is 28.5 Å². The Hall–Kier alpha value is -3.85. The number of aryl methyl sites for hydroxylation is 1. The van der Waals surface area contributed by atoms with Crippen molar-refractivity contribution in [2.75, 3.05) is 82.6 Å². The molecule has 49 heavy (non-hydrogen) atoms. The summed E-state index contributed by atoms with van der Waals surface area (Å²) in [5.41, 5.74) is 2.01. The van der Waals surface area contributed by atoms with Gasteiger partial charge < -0.3 is 41.3 Å². The molecule has 14 heteroatoms. The highest BCUT2D eigenvalue weighted by Gasteiger charge is 2.32. The number of halogens is 1. The average Bonchev–Trinajstić information content (AvgIpc) is 3.04. The summed E-state index contributed by atoms with van der Waals surface area (Å²) < 4.78 is 15.1. The van der Waals surface area contributed by atoms with Crippen LogP contribution in [-0.2, 0) is 11.3 Å². The molecule has 1 aromatic heterocycles. The Kier molecular flexibility index (Phi) is 14.6. The van der Waals surface area contributed by atoms with Gasteiger partial charge in [-0.3, -0.25) is 14.7 Å². The smallest absolute Gasteiger partial charge is 0.323 e. The first-order valence-corrected chi connectivity index (χ1v) is 17.5. The van der Waals surface area contributed by atoms with Gasteiger partial charge in [-0.1, -0.05) is 12.1 Å². The fourth-order valence-electron chi connectivity index (χ4n) is 6.12. The predicted octanol–water partition coefficient (Wildman–Crippen LogP) is 2.90. The maximum absolute atomic E-state index is 15.1. The van der Waals surface area contributed by atoms with Crippen LogP contribution in [0.1, 0.15) is 45.4 Å². The highest BCUT2D eigenvalue weighted by Crippen LogP contribution is 2.22. The summed E-state index contributed by atoms with van der Waals surface area (Å²) in [6, 6.07) is 9.21. The number of anilines is 2. The maximum Gasteiger partial charge on any atom is 0.323 e. The minimum absolute atomic E-state index is 0.0649. The second kappa shape index (κ2) is 18.8. The van der Waals surface area contributed by atoms with Crippen LogP contribution in [0.2, 0.25) is 0 Å². The van der Waals surface area contributed by atoms with Crippen LogP contribution in [0.5, 0.6) is 0 Å². The van der Waals surface area contributed by atoms with E-state index >= 15 is 4.39 Å². The number of hydrogen-bond acceptors (Lipinski definition) is 8. The summed E-state index contributed by atoms with van der Waals surface area (Å²) in [6.07, 6.45) is 2.62. The first-order chi connectivity index (χ1) is 23.5. The number of likely N-dealkylation sites (tertiary alicyclic amines) is 1. The Bertz CT molecular complexity index is 1370. The van der Waals surface area contributed by atoms with Crippen molar-refractivity contribution in [1.82, 2.24) is 40.5 Å². The topological polar surface area (TPSA) is 137 Å². The van der Waals surface area contributed by atoms with Gasteiger partial charge >= 0.3 is 12.1 Å². The van der Waals surface area contributed by atoms with Crippen LogP contribution in [0, 0.1) is 12.7 Å². The molecule has 0 aliphatic carbocycles. The molecule has 13 nitrogen and oxygen atoms in total.